The fourth-order valence-corrected chi connectivity index (χ4v) is 4.65. The number of aromatic nitrogens is 2. The van der Waals surface area contributed by atoms with Gasteiger partial charge in [-0.2, -0.15) is 0 Å². The van der Waals surface area contributed by atoms with Crippen LogP contribution in [0.4, 0.5) is 5.69 Å². The average Bonchev–Trinajstić information content (AvgIpc) is 3.38. The van der Waals surface area contributed by atoms with Gasteiger partial charge in [-0.25, -0.2) is 4.98 Å². The highest BCUT2D eigenvalue weighted by atomic mass is 35.5. The summed E-state index contributed by atoms with van der Waals surface area (Å²) in [7, 11) is 0. The molecule has 3 aliphatic heterocycles. The zero-order valence-corrected chi connectivity index (χ0v) is 17.0. The van der Waals surface area contributed by atoms with Gasteiger partial charge in [0.2, 0.25) is 0 Å². The first-order chi connectivity index (χ1) is 14.7. The number of nitrogens with one attached hydrogen (secondary N) is 1. The number of hydrogen-bond donors (Lipinski definition) is 2. The van der Waals surface area contributed by atoms with Crippen molar-refractivity contribution in [3.8, 4) is 17.1 Å². The number of nitrogens with zero attached hydrogens (tertiary/aromatic N) is 2. The van der Waals surface area contributed by atoms with E-state index >= 15 is 0 Å². The van der Waals surface area contributed by atoms with Gasteiger partial charge in [-0.05, 0) is 24.6 Å². The summed E-state index contributed by atoms with van der Waals surface area (Å²) in [5.74, 6) is 0.582. The predicted octanol–water partition coefficient (Wildman–Crippen LogP) is 3.00. The number of H-pyrrole nitrogens is 1. The third-order valence-corrected chi connectivity index (χ3v) is 6.44. The van der Waals surface area contributed by atoms with Crippen LogP contribution in [-0.2, 0) is 9.47 Å². The Bertz CT molecular complexity index is 1080. The molecule has 5 heterocycles. The summed E-state index contributed by atoms with van der Waals surface area (Å²) in [6, 6.07) is 12.1. The molecule has 0 bridgehead atoms. The van der Waals surface area contributed by atoms with Crippen molar-refractivity contribution in [2.24, 2.45) is 0 Å². The molecule has 3 saturated heterocycles. The van der Waals surface area contributed by atoms with E-state index in [1.807, 2.05) is 12.1 Å². The zero-order valence-electron chi connectivity index (χ0n) is 16.3. The first-order valence-corrected chi connectivity index (χ1v) is 10.7. The van der Waals surface area contributed by atoms with Gasteiger partial charge >= 0.3 is 0 Å². The summed E-state index contributed by atoms with van der Waals surface area (Å²) >= 11 is 6.55. The van der Waals surface area contributed by atoms with E-state index in [0.29, 0.717) is 17.5 Å². The number of rotatable bonds is 4. The molecule has 0 radical (unpaired) electrons. The Balaban J connectivity index is 1.25. The van der Waals surface area contributed by atoms with Gasteiger partial charge in [-0.3, -0.25) is 0 Å². The number of aliphatic hydroxyl groups is 1. The van der Waals surface area contributed by atoms with Crippen LogP contribution < -0.4 is 9.64 Å². The van der Waals surface area contributed by atoms with Crippen LogP contribution in [0.3, 0.4) is 0 Å². The molecule has 30 heavy (non-hydrogen) atoms. The van der Waals surface area contributed by atoms with Gasteiger partial charge in [0.1, 0.15) is 18.3 Å². The van der Waals surface area contributed by atoms with Crippen LogP contribution in [0.25, 0.3) is 22.3 Å². The van der Waals surface area contributed by atoms with Crippen LogP contribution in [0.5, 0.6) is 5.88 Å². The van der Waals surface area contributed by atoms with Gasteiger partial charge in [0, 0.05) is 30.4 Å². The predicted molar refractivity (Wildman–Crippen MR) is 113 cm³/mol. The molecule has 4 atom stereocenters. The quantitative estimate of drug-likeness (QED) is 0.666. The lowest BCUT2D eigenvalue weighted by Crippen LogP contribution is -2.36. The third-order valence-electron chi connectivity index (χ3n) is 6.15. The highest BCUT2D eigenvalue weighted by molar-refractivity contribution is 6.33. The van der Waals surface area contributed by atoms with Gasteiger partial charge in [0.25, 0.3) is 0 Å². The molecule has 3 fully saturated rings. The van der Waals surface area contributed by atoms with Crippen LogP contribution in [0, 0.1) is 0 Å². The third kappa shape index (κ3) is 3.04. The largest absolute Gasteiger partial charge is 0.470 e. The molecule has 156 valence electrons. The van der Waals surface area contributed by atoms with Crippen molar-refractivity contribution in [1.82, 2.24) is 9.97 Å². The average molecular weight is 428 g/mol. The van der Waals surface area contributed by atoms with Crippen molar-refractivity contribution < 1.29 is 19.3 Å². The molecule has 0 saturated carbocycles. The fourth-order valence-electron chi connectivity index (χ4n) is 4.38. The maximum atomic E-state index is 9.89. The summed E-state index contributed by atoms with van der Waals surface area (Å²) < 4.78 is 17.3. The van der Waals surface area contributed by atoms with Crippen molar-refractivity contribution in [3.05, 3.63) is 41.4 Å². The minimum atomic E-state index is -0.596. The lowest BCUT2D eigenvalue weighted by molar-refractivity contribution is 0.00794. The van der Waals surface area contributed by atoms with Gasteiger partial charge in [0.15, 0.2) is 12.0 Å². The Morgan fingerprint density at radius 2 is 1.90 bits per heavy atom. The molecule has 0 aliphatic carbocycles. The van der Waals surface area contributed by atoms with E-state index in [-0.39, 0.29) is 24.9 Å². The highest BCUT2D eigenvalue weighted by Gasteiger charge is 2.48. The number of aliphatic hydroxyl groups excluding tert-OH is 1. The minimum Gasteiger partial charge on any atom is -0.470 e. The summed E-state index contributed by atoms with van der Waals surface area (Å²) in [5.41, 5.74) is 4.54. The second-order valence-corrected chi connectivity index (χ2v) is 8.50. The van der Waals surface area contributed by atoms with Crippen molar-refractivity contribution in [2.45, 2.75) is 30.8 Å². The smallest absolute Gasteiger partial charge is 0.193 e. The Labute approximate surface area is 178 Å². The van der Waals surface area contributed by atoms with Gasteiger partial charge < -0.3 is 29.2 Å². The molecule has 2 N–H and O–H groups in total. The molecule has 7 nitrogen and oxygen atoms in total. The van der Waals surface area contributed by atoms with E-state index in [9.17, 15) is 5.11 Å². The van der Waals surface area contributed by atoms with E-state index in [1.54, 1.807) is 0 Å². The molecule has 2 aromatic heterocycles. The number of hydrogen-bond acceptors (Lipinski definition) is 6. The Morgan fingerprint density at radius 3 is 2.67 bits per heavy atom. The standard InChI is InChI=1S/C22H22ClN3O4/c23-14-8-15-16(25-20(14)12-2-4-13(5-3-12)26-6-1-7-26)9-19(24-15)30-18-11-29-21-17(27)10-28-22(18)21/h2-5,8-9,17-18,21-22,24,27H,1,6-7,10-11H2/t17-,18-,21-,22-/m1/s1. The van der Waals surface area contributed by atoms with Crippen molar-refractivity contribution >= 4 is 28.3 Å². The minimum absolute atomic E-state index is 0.261. The van der Waals surface area contributed by atoms with Crippen molar-refractivity contribution in [1.29, 1.82) is 0 Å². The number of aromatic amines is 1. The second-order valence-electron chi connectivity index (χ2n) is 8.09. The van der Waals surface area contributed by atoms with Crippen molar-refractivity contribution in [3.63, 3.8) is 0 Å². The normalized spacial score (nSPS) is 28.0. The van der Waals surface area contributed by atoms with E-state index in [4.69, 9.17) is 30.8 Å². The molecule has 8 heteroatoms. The summed E-state index contributed by atoms with van der Waals surface area (Å²) in [4.78, 5) is 10.3. The lowest BCUT2D eigenvalue weighted by Gasteiger charge is -2.33. The first-order valence-electron chi connectivity index (χ1n) is 10.3. The van der Waals surface area contributed by atoms with Crippen LogP contribution in [-0.4, -0.2) is 65.8 Å². The molecule has 0 unspecified atom stereocenters. The van der Waals surface area contributed by atoms with Crippen LogP contribution in [0.1, 0.15) is 6.42 Å². The van der Waals surface area contributed by atoms with Gasteiger partial charge in [0.05, 0.1) is 35.0 Å². The first kappa shape index (κ1) is 18.4. The molecular weight excluding hydrogens is 406 g/mol. The molecule has 3 aliphatic rings. The Kier molecular flexibility index (Phi) is 4.38. The van der Waals surface area contributed by atoms with E-state index in [2.05, 4.69) is 34.1 Å². The zero-order chi connectivity index (χ0) is 20.2. The number of pyridine rings is 1. The topological polar surface area (TPSA) is 79.8 Å². The van der Waals surface area contributed by atoms with E-state index in [1.165, 1.54) is 12.1 Å². The Morgan fingerprint density at radius 1 is 1.10 bits per heavy atom. The summed E-state index contributed by atoms with van der Waals surface area (Å²) in [6.45, 7) is 2.89. The van der Waals surface area contributed by atoms with Crippen LogP contribution >= 0.6 is 11.6 Å². The second kappa shape index (κ2) is 7.13. The van der Waals surface area contributed by atoms with Gasteiger partial charge in [-0.15, -0.1) is 0 Å². The highest BCUT2D eigenvalue weighted by Crippen LogP contribution is 2.34. The molecule has 6 rings (SSSR count). The molecular formula is C22H22ClN3O4. The SMILES string of the molecule is O[C@@H]1CO[C@H]2[C@@H]1OC[C@H]2Oc1cc2nc(-c3ccc(N4CCC4)cc3)c(Cl)cc2[nH]1. The molecule has 1 aromatic carbocycles. The molecule has 0 spiro atoms. The number of anilines is 1. The van der Waals surface area contributed by atoms with Crippen molar-refractivity contribution in [2.75, 3.05) is 31.2 Å². The van der Waals surface area contributed by atoms with Crippen LogP contribution in [0.2, 0.25) is 5.02 Å². The number of fused-ring (bicyclic) bond motifs is 2. The van der Waals surface area contributed by atoms with E-state index < -0.39 is 6.10 Å². The number of benzene rings is 1. The summed E-state index contributed by atoms with van der Waals surface area (Å²) in [5, 5.41) is 10.5. The maximum absolute atomic E-state index is 9.89. The maximum Gasteiger partial charge on any atom is 0.193 e. The monoisotopic (exact) mass is 427 g/mol. The Hall–Kier alpha value is -2.32. The number of ether oxygens (including phenoxy) is 3. The lowest BCUT2D eigenvalue weighted by atomic mass is 10.1. The van der Waals surface area contributed by atoms with Crippen LogP contribution in [0.15, 0.2) is 36.4 Å². The molecule has 0 amide bonds. The van der Waals surface area contributed by atoms with E-state index in [0.717, 1.165) is 35.4 Å². The fraction of sp³-hybridized carbons (Fsp3) is 0.409. The molecule has 3 aromatic rings. The summed E-state index contributed by atoms with van der Waals surface area (Å²) in [6.07, 6.45) is -0.197. The van der Waals surface area contributed by atoms with Gasteiger partial charge in [-0.1, -0.05) is 23.7 Å². The number of halogens is 1.